The second-order valence-electron chi connectivity index (χ2n) is 5.65. The van der Waals surface area contributed by atoms with Crippen LogP contribution in [0.15, 0.2) is 65.6 Å². The normalized spacial score (nSPS) is 10.9. The average Bonchev–Trinajstić information content (AvgIpc) is 3.08. The lowest BCUT2D eigenvalue weighted by molar-refractivity contribution is 0.410. The summed E-state index contributed by atoms with van der Waals surface area (Å²) in [5, 5.41) is 3.05. The molecule has 0 aliphatic carbocycles. The summed E-state index contributed by atoms with van der Waals surface area (Å²) in [6.45, 7) is 0. The van der Waals surface area contributed by atoms with E-state index in [4.69, 9.17) is 4.74 Å². The quantitative estimate of drug-likeness (QED) is 0.624. The lowest BCUT2D eigenvalue weighted by Crippen LogP contribution is -2.15. The van der Waals surface area contributed by atoms with Crippen molar-refractivity contribution in [3.05, 3.63) is 82.4 Å². The van der Waals surface area contributed by atoms with Crippen LogP contribution >= 0.6 is 0 Å². The number of benzene rings is 1. The number of fused-ring (bicyclic) bond motifs is 1. The van der Waals surface area contributed by atoms with E-state index >= 15 is 0 Å². The maximum atomic E-state index is 12.4. The summed E-state index contributed by atoms with van der Waals surface area (Å²) in [5.74, 6) is 0.785. The largest absolute Gasteiger partial charge is 0.496 e. The zero-order chi connectivity index (χ0) is 17.2. The molecule has 3 heterocycles. The fourth-order valence-electron chi connectivity index (χ4n) is 2.83. The maximum absolute atomic E-state index is 12.4. The van der Waals surface area contributed by atoms with Crippen LogP contribution in [-0.2, 0) is 6.42 Å². The summed E-state index contributed by atoms with van der Waals surface area (Å²) in [6, 6.07) is 16.7. The zero-order valence-corrected chi connectivity index (χ0v) is 13.6. The summed E-state index contributed by atoms with van der Waals surface area (Å²) >= 11 is 0. The molecule has 6 nitrogen and oxygen atoms in total. The molecule has 0 amide bonds. The Kier molecular flexibility index (Phi) is 3.78. The van der Waals surface area contributed by atoms with Gasteiger partial charge in [-0.05, 0) is 18.2 Å². The van der Waals surface area contributed by atoms with Crippen LogP contribution in [0.4, 0.5) is 0 Å². The second-order valence-corrected chi connectivity index (χ2v) is 5.65. The highest BCUT2D eigenvalue weighted by molar-refractivity contribution is 5.60. The second kappa shape index (κ2) is 6.24. The Balaban J connectivity index is 1.76. The molecule has 0 radical (unpaired) electrons. The van der Waals surface area contributed by atoms with E-state index in [9.17, 15) is 4.79 Å². The minimum absolute atomic E-state index is 0.155. The Labute approximate surface area is 143 Å². The molecule has 0 atom stereocenters. The summed E-state index contributed by atoms with van der Waals surface area (Å²) < 4.78 is 6.80. The predicted octanol–water partition coefficient (Wildman–Crippen LogP) is 2.68. The van der Waals surface area contributed by atoms with E-state index in [-0.39, 0.29) is 5.56 Å². The number of nitrogens with zero attached hydrogens (tertiary/aromatic N) is 3. The third kappa shape index (κ3) is 2.89. The highest BCUT2D eigenvalue weighted by Crippen LogP contribution is 2.20. The van der Waals surface area contributed by atoms with E-state index in [0.717, 1.165) is 22.7 Å². The Hall–Kier alpha value is -3.41. The molecule has 0 aliphatic heterocycles. The topological polar surface area (TPSA) is 72.3 Å². The van der Waals surface area contributed by atoms with Crippen LogP contribution in [0.1, 0.15) is 11.3 Å². The standard InChI is InChI=1S/C19H16N4O2/c1-25-17-8-3-2-6-13(17)10-14-11-19(24)23-18(21-14)12-16(22-23)15-7-4-5-9-20-15/h2-9,11-12,22H,10H2,1H3. The Morgan fingerprint density at radius 2 is 1.96 bits per heavy atom. The Morgan fingerprint density at radius 3 is 2.76 bits per heavy atom. The number of para-hydroxylation sites is 1. The average molecular weight is 332 g/mol. The SMILES string of the molecule is COc1ccccc1Cc1cc(=O)n2[nH]c(-c3ccccn3)cc2n1. The highest BCUT2D eigenvalue weighted by Gasteiger charge is 2.10. The molecule has 0 saturated carbocycles. The van der Waals surface area contributed by atoms with Crippen molar-refractivity contribution in [1.29, 1.82) is 0 Å². The molecule has 0 aliphatic rings. The molecular weight excluding hydrogens is 316 g/mol. The van der Waals surface area contributed by atoms with E-state index in [1.807, 2.05) is 48.5 Å². The Morgan fingerprint density at radius 1 is 1.12 bits per heavy atom. The van der Waals surface area contributed by atoms with Crippen LogP contribution in [0.3, 0.4) is 0 Å². The van der Waals surface area contributed by atoms with E-state index in [0.29, 0.717) is 17.8 Å². The van der Waals surface area contributed by atoms with Gasteiger partial charge in [0.25, 0.3) is 5.56 Å². The van der Waals surface area contributed by atoms with Crippen LogP contribution in [0.2, 0.25) is 0 Å². The number of nitrogens with one attached hydrogen (secondary N) is 1. The van der Waals surface area contributed by atoms with Gasteiger partial charge in [-0.1, -0.05) is 24.3 Å². The number of pyridine rings is 1. The third-order valence-corrected chi connectivity index (χ3v) is 4.01. The van der Waals surface area contributed by atoms with E-state index in [1.54, 1.807) is 13.3 Å². The highest BCUT2D eigenvalue weighted by atomic mass is 16.5. The molecule has 0 unspecified atom stereocenters. The zero-order valence-electron chi connectivity index (χ0n) is 13.6. The minimum Gasteiger partial charge on any atom is -0.496 e. The molecule has 25 heavy (non-hydrogen) atoms. The summed E-state index contributed by atoms with van der Waals surface area (Å²) in [4.78, 5) is 21.3. The number of methoxy groups -OCH3 is 1. The van der Waals surface area contributed by atoms with Crippen LogP contribution in [0.25, 0.3) is 17.0 Å². The number of hydrogen-bond donors (Lipinski definition) is 1. The van der Waals surface area contributed by atoms with Gasteiger partial charge in [0.2, 0.25) is 0 Å². The molecule has 1 N–H and O–H groups in total. The van der Waals surface area contributed by atoms with Gasteiger partial charge in [-0.15, -0.1) is 0 Å². The molecule has 4 aromatic rings. The van der Waals surface area contributed by atoms with E-state index in [2.05, 4.69) is 15.1 Å². The lowest BCUT2D eigenvalue weighted by atomic mass is 10.1. The first-order chi connectivity index (χ1) is 12.2. The maximum Gasteiger partial charge on any atom is 0.272 e. The van der Waals surface area contributed by atoms with E-state index in [1.165, 1.54) is 10.6 Å². The third-order valence-electron chi connectivity index (χ3n) is 4.01. The molecule has 4 rings (SSSR count). The molecule has 0 spiro atoms. The number of hydrogen-bond acceptors (Lipinski definition) is 4. The molecule has 0 fully saturated rings. The van der Waals surface area contributed by atoms with Crippen molar-refractivity contribution in [2.45, 2.75) is 6.42 Å². The van der Waals surface area contributed by atoms with Gasteiger partial charge in [0.05, 0.1) is 24.2 Å². The number of aromatic amines is 1. The van der Waals surface area contributed by atoms with Gasteiger partial charge in [-0.3, -0.25) is 14.9 Å². The summed E-state index contributed by atoms with van der Waals surface area (Å²) in [6.07, 6.45) is 2.24. The van der Waals surface area contributed by atoms with Gasteiger partial charge in [-0.25, -0.2) is 9.50 Å². The van der Waals surface area contributed by atoms with Crippen molar-refractivity contribution in [3.8, 4) is 17.1 Å². The molecule has 0 bridgehead atoms. The first kappa shape index (κ1) is 15.1. The molecule has 3 aromatic heterocycles. The number of H-pyrrole nitrogens is 1. The number of ether oxygens (including phenoxy) is 1. The number of rotatable bonds is 4. The molecule has 0 saturated heterocycles. The monoisotopic (exact) mass is 332 g/mol. The van der Waals surface area contributed by atoms with Gasteiger partial charge < -0.3 is 4.74 Å². The molecule has 1 aromatic carbocycles. The van der Waals surface area contributed by atoms with Crippen molar-refractivity contribution in [2.24, 2.45) is 0 Å². The summed E-state index contributed by atoms with van der Waals surface area (Å²) in [5.41, 5.74) is 3.61. The number of aromatic nitrogens is 4. The van der Waals surface area contributed by atoms with Crippen LogP contribution in [-0.4, -0.2) is 26.7 Å². The van der Waals surface area contributed by atoms with Gasteiger partial charge in [0.1, 0.15) is 5.75 Å². The van der Waals surface area contributed by atoms with Crippen LogP contribution < -0.4 is 10.3 Å². The molecular formula is C19H16N4O2. The fraction of sp³-hybridized carbons (Fsp3) is 0.105. The minimum atomic E-state index is -0.155. The van der Waals surface area contributed by atoms with Crippen molar-refractivity contribution < 1.29 is 4.74 Å². The van der Waals surface area contributed by atoms with Gasteiger partial charge >= 0.3 is 0 Å². The van der Waals surface area contributed by atoms with Crippen molar-refractivity contribution >= 4 is 5.65 Å². The molecule has 6 heteroatoms. The lowest BCUT2D eigenvalue weighted by Gasteiger charge is -2.07. The first-order valence-corrected chi connectivity index (χ1v) is 7.89. The molecule has 124 valence electrons. The van der Waals surface area contributed by atoms with Crippen molar-refractivity contribution in [2.75, 3.05) is 7.11 Å². The predicted molar refractivity (Wildman–Crippen MR) is 94.8 cm³/mol. The van der Waals surface area contributed by atoms with Crippen molar-refractivity contribution in [3.63, 3.8) is 0 Å². The Bertz CT molecular complexity index is 1080. The first-order valence-electron chi connectivity index (χ1n) is 7.89. The van der Waals surface area contributed by atoms with Gasteiger partial charge in [-0.2, -0.15) is 0 Å². The van der Waals surface area contributed by atoms with Crippen LogP contribution in [0.5, 0.6) is 5.75 Å². The van der Waals surface area contributed by atoms with Crippen LogP contribution in [0, 0.1) is 0 Å². The summed E-state index contributed by atoms with van der Waals surface area (Å²) in [7, 11) is 1.63. The van der Waals surface area contributed by atoms with Gasteiger partial charge in [0.15, 0.2) is 5.65 Å². The smallest absolute Gasteiger partial charge is 0.272 e. The van der Waals surface area contributed by atoms with Gasteiger partial charge in [0, 0.05) is 30.3 Å². The fourth-order valence-corrected chi connectivity index (χ4v) is 2.83. The van der Waals surface area contributed by atoms with E-state index < -0.39 is 0 Å². The van der Waals surface area contributed by atoms with Crippen molar-refractivity contribution in [1.82, 2.24) is 19.6 Å².